The van der Waals surface area contributed by atoms with Gasteiger partial charge in [0.1, 0.15) is 23.1 Å². The summed E-state index contributed by atoms with van der Waals surface area (Å²) in [4.78, 5) is 25.1. The van der Waals surface area contributed by atoms with E-state index in [1.165, 1.54) is 31.4 Å². The van der Waals surface area contributed by atoms with Gasteiger partial charge in [0.05, 0.1) is 17.6 Å². The van der Waals surface area contributed by atoms with E-state index in [9.17, 15) is 22.8 Å². The molecule has 0 saturated heterocycles. The molecule has 4 aromatic rings. The fourth-order valence-corrected chi connectivity index (χ4v) is 5.11. The lowest BCUT2D eigenvalue weighted by atomic mass is 9.93. The van der Waals surface area contributed by atoms with Crippen molar-refractivity contribution in [2.75, 3.05) is 11.9 Å². The Balaban J connectivity index is 1.29. The molecule has 218 valence electrons. The molecule has 10 heteroatoms. The van der Waals surface area contributed by atoms with Gasteiger partial charge in [-0.05, 0) is 49.4 Å². The molecule has 0 bridgehead atoms. The number of rotatable bonds is 8. The van der Waals surface area contributed by atoms with E-state index in [4.69, 9.17) is 25.5 Å². The Labute approximate surface area is 245 Å². The molecule has 1 heterocycles. The quantitative estimate of drug-likeness (QED) is 0.205. The fraction of sp³-hybridized carbons (Fsp3) is 0.250. The maximum absolute atomic E-state index is 13.4. The van der Waals surface area contributed by atoms with E-state index in [0.29, 0.717) is 12.2 Å². The molecule has 3 aromatic carbocycles. The Morgan fingerprint density at radius 1 is 0.976 bits per heavy atom. The number of hydrogen-bond donors (Lipinski definition) is 1. The number of esters is 1. The smallest absolute Gasteiger partial charge is 0.416 e. The van der Waals surface area contributed by atoms with Crippen molar-refractivity contribution < 1.29 is 36.7 Å². The molecule has 1 aromatic heterocycles. The molecular formula is C32H27ClF3NO5. The molecule has 0 unspecified atom stereocenters. The van der Waals surface area contributed by atoms with Crippen molar-refractivity contribution in [1.82, 2.24) is 0 Å². The monoisotopic (exact) mass is 597 g/mol. The van der Waals surface area contributed by atoms with Crippen molar-refractivity contribution in [2.45, 2.75) is 44.4 Å². The summed E-state index contributed by atoms with van der Waals surface area (Å²) in [6.07, 6.45) is -3.97. The Kier molecular flexibility index (Phi) is 8.06. The van der Waals surface area contributed by atoms with Crippen LogP contribution in [0.5, 0.6) is 0 Å². The van der Waals surface area contributed by atoms with Gasteiger partial charge in [-0.3, -0.25) is 10.1 Å². The standard InChI is InChI=1S/C32H27ClF3NO5/c1-3-40-29(38)31(16-17-31)23-14-12-21(13-15-23)20-8-10-22(11-9-20)28-27(26(33)18-41-28)37-30(39)42-19(2)24-6-4-5-7-25(24)32(34,35)36/h4-15,18-19H,3,16-17H2,1-2H3,(H,37,39)/t19-/m1/s1. The van der Waals surface area contributed by atoms with Gasteiger partial charge in [-0.2, -0.15) is 13.2 Å². The second-order valence-corrected chi connectivity index (χ2v) is 10.4. The average Bonchev–Trinajstić information content (AvgIpc) is 3.72. The van der Waals surface area contributed by atoms with Gasteiger partial charge in [0.2, 0.25) is 0 Å². The van der Waals surface area contributed by atoms with E-state index in [0.717, 1.165) is 35.6 Å². The zero-order chi connectivity index (χ0) is 30.1. The molecule has 0 radical (unpaired) electrons. The Morgan fingerprint density at radius 3 is 2.17 bits per heavy atom. The third-order valence-electron chi connectivity index (χ3n) is 7.30. The van der Waals surface area contributed by atoms with Crippen LogP contribution in [-0.2, 0) is 25.9 Å². The second kappa shape index (κ2) is 11.6. The number of halogens is 4. The van der Waals surface area contributed by atoms with Crippen LogP contribution >= 0.6 is 11.6 Å². The van der Waals surface area contributed by atoms with Gasteiger partial charge >= 0.3 is 18.2 Å². The molecule has 1 saturated carbocycles. The highest BCUT2D eigenvalue weighted by Crippen LogP contribution is 2.49. The Bertz CT molecular complexity index is 1590. The van der Waals surface area contributed by atoms with Crippen molar-refractivity contribution in [2.24, 2.45) is 0 Å². The summed E-state index contributed by atoms with van der Waals surface area (Å²) < 4.78 is 56.3. The molecule has 1 N–H and O–H groups in total. The predicted octanol–water partition coefficient (Wildman–Crippen LogP) is 9.19. The minimum Gasteiger partial charge on any atom is -0.465 e. The van der Waals surface area contributed by atoms with Crippen LogP contribution in [0.1, 0.15) is 49.5 Å². The molecule has 5 rings (SSSR count). The van der Waals surface area contributed by atoms with Crippen molar-refractivity contribution >= 4 is 29.4 Å². The lowest BCUT2D eigenvalue weighted by Gasteiger charge is -2.19. The van der Waals surface area contributed by atoms with Gasteiger partial charge in [0, 0.05) is 11.1 Å². The Morgan fingerprint density at radius 2 is 1.57 bits per heavy atom. The molecule has 1 aliphatic rings. The first-order valence-electron chi connectivity index (χ1n) is 13.3. The minimum absolute atomic E-state index is 0.0977. The minimum atomic E-state index is -4.60. The third-order valence-corrected chi connectivity index (χ3v) is 7.57. The van der Waals surface area contributed by atoms with Crippen LogP contribution in [0.25, 0.3) is 22.5 Å². The van der Waals surface area contributed by atoms with Crippen molar-refractivity contribution in [3.05, 3.63) is 101 Å². The highest BCUT2D eigenvalue weighted by atomic mass is 35.5. The molecule has 6 nitrogen and oxygen atoms in total. The van der Waals surface area contributed by atoms with E-state index in [1.54, 1.807) is 19.1 Å². The van der Waals surface area contributed by atoms with Gasteiger partial charge in [0.25, 0.3) is 0 Å². The van der Waals surface area contributed by atoms with E-state index in [-0.39, 0.29) is 28.0 Å². The summed E-state index contributed by atoms with van der Waals surface area (Å²) in [5.74, 6) is 0.0698. The summed E-state index contributed by atoms with van der Waals surface area (Å²) in [5, 5.41) is 2.60. The largest absolute Gasteiger partial charge is 0.465 e. The number of nitrogens with one attached hydrogen (secondary N) is 1. The summed E-state index contributed by atoms with van der Waals surface area (Å²) in [5.41, 5.74) is 1.93. The van der Waals surface area contributed by atoms with E-state index in [2.05, 4.69) is 5.32 Å². The highest BCUT2D eigenvalue weighted by Gasteiger charge is 2.52. The maximum atomic E-state index is 13.4. The molecule has 1 fully saturated rings. The molecule has 1 aliphatic carbocycles. The number of benzene rings is 3. The first-order valence-corrected chi connectivity index (χ1v) is 13.7. The lowest BCUT2D eigenvalue weighted by Crippen LogP contribution is -2.23. The van der Waals surface area contributed by atoms with E-state index in [1.807, 2.05) is 36.4 Å². The van der Waals surface area contributed by atoms with Gasteiger partial charge < -0.3 is 13.9 Å². The van der Waals surface area contributed by atoms with Crippen molar-refractivity contribution in [3.63, 3.8) is 0 Å². The summed E-state index contributed by atoms with van der Waals surface area (Å²) >= 11 is 6.26. The zero-order valence-corrected chi connectivity index (χ0v) is 23.5. The van der Waals surface area contributed by atoms with Gasteiger partial charge in [-0.15, -0.1) is 0 Å². The summed E-state index contributed by atoms with van der Waals surface area (Å²) in [6.45, 7) is 3.50. The number of carbonyl (C=O) groups excluding carboxylic acids is 2. The summed E-state index contributed by atoms with van der Waals surface area (Å²) in [7, 11) is 0. The van der Waals surface area contributed by atoms with E-state index < -0.39 is 29.4 Å². The van der Waals surface area contributed by atoms with Crippen LogP contribution in [0.3, 0.4) is 0 Å². The maximum Gasteiger partial charge on any atom is 0.416 e. The second-order valence-electron chi connectivity index (χ2n) is 10.0. The number of ether oxygens (including phenoxy) is 2. The van der Waals surface area contributed by atoms with Crippen LogP contribution < -0.4 is 5.32 Å². The van der Waals surface area contributed by atoms with Crippen LogP contribution in [0, 0.1) is 0 Å². The first-order chi connectivity index (χ1) is 20.0. The number of amides is 1. The molecular weight excluding hydrogens is 571 g/mol. The predicted molar refractivity (Wildman–Crippen MR) is 152 cm³/mol. The molecule has 42 heavy (non-hydrogen) atoms. The lowest BCUT2D eigenvalue weighted by molar-refractivity contribution is -0.146. The number of anilines is 1. The van der Waals surface area contributed by atoms with Gasteiger partial charge in [-0.1, -0.05) is 78.3 Å². The van der Waals surface area contributed by atoms with Crippen LogP contribution in [0.2, 0.25) is 5.02 Å². The van der Waals surface area contributed by atoms with E-state index >= 15 is 0 Å². The normalized spacial score (nSPS) is 14.6. The SMILES string of the molecule is CCOC(=O)C1(c2ccc(-c3ccc(-c4occ(Cl)c4NC(=O)O[C@H](C)c4ccccc4C(F)(F)F)cc3)cc2)CC1. The number of hydrogen-bond acceptors (Lipinski definition) is 5. The number of furan rings is 1. The van der Waals surface area contributed by atoms with Crippen LogP contribution in [0.4, 0.5) is 23.7 Å². The fourth-order valence-electron chi connectivity index (χ4n) is 4.93. The molecule has 0 spiro atoms. The van der Waals surface area contributed by atoms with Gasteiger partial charge in [0.15, 0.2) is 5.76 Å². The zero-order valence-electron chi connectivity index (χ0n) is 22.8. The molecule has 0 aliphatic heterocycles. The summed E-state index contributed by atoms with van der Waals surface area (Å²) in [6, 6.07) is 20.0. The topological polar surface area (TPSA) is 77.8 Å². The number of alkyl halides is 3. The number of carbonyl (C=O) groups is 2. The highest BCUT2D eigenvalue weighted by molar-refractivity contribution is 6.34. The van der Waals surface area contributed by atoms with Gasteiger partial charge in [-0.25, -0.2) is 4.79 Å². The molecule has 1 amide bonds. The van der Waals surface area contributed by atoms with Crippen LogP contribution in [-0.4, -0.2) is 18.7 Å². The first kappa shape index (κ1) is 29.3. The Hall–Kier alpha value is -4.24. The van der Waals surface area contributed by atoms with Crippen LogP contribution in [0.15, 0.2) is 83.5 Å². The van der Waals surface area contributed by atoms with Crippen molar-refractivity contribution in [3.8, 4) is 22.5 Å². The average molecular weight is 598 g/mol. The third kappa shape index (κ3) is 5.87. The van der Waals surface area contributed by atoms with Crippen molar-refractivity contribution in [1.29, 1.82) is 0 Å². The molecule has 1 atom stereocenters.